The van der Waals surface area contributed by atoms with Crippen LogP contribution in [0, 0.1) is 5.92 Å². The maximum absolute atomic E-state index is 12.8. The van der Waals surface area contributed by atoms with Crippen molar-refractivity contribution in [2.24, 2.45) is 5.92 Å². The number of phenolic OH excluding ortho intramolecular Hbond substituents is 1. The SMILES string of the molecule is O=C(O)C1CNC(c2cc(C(F)(F)F)cc(Br)c2O)C1. The molecule has 0 amide bonds. The number of rotatable bonds is 2. The van der Waals surface area contributed by atoms with Crippen molar-refractivity contribution in [2.45, 2.75) is 18.6 Å². The largest absolute Gasteiger partial charge is 0.506 e. The highest BCUT2D eigenvalue weighted by Gasteiger charge is 2.36. The first-order valence-electron chi connectivity index (χ1n) is 5.76. The number of hydrogen-bond acceptors (Lipinski definition) is 3. The molecule has 0 aliphatic carbocycles. The van der Waals surface area contributed by atoms with Gasteiger partial charge in [-0.15, -0.1) is 0 Å². The third-order valence-corrected chi connectivity index (χ3v) is 3.88. The van der Waals surface area contributed by atoms with Crippen molar-refractivity contribution in [3.05, 3.63) is 27.7 Å². The zero-order valence-electron chi connectivity index (χ0n) is 10.0. The summed E-state index contributed by atoms with van der Waals surface area (Å²) in [5.41, 5.74) is -0.840. The normalized spacial score (nSPS) is 23.0. The van der Waals surface area contributed by atoms with Crippen LogP contribution in [0.5, 0.6) is 5.75 Å². The molecule has 0 aromatic heterocycles. The Balaban J connectivity index is 2.37. The summed E-state index contributed by atoms with van der Waals surface area (Å²) in [5, 5.41) is 21.6. The molecule has 3 N–H and O–H groups in total. The van der Waals surface area contributed by atoms with Crippen LogP contribution in [-0.4, -0.2) is 22.7 Å². The van der Waals surface area contributed by atoms with E-state index in [0.29, 0.717) is 0 Å². The van der Waals surface area contributed by atoms with Crippen LogP contribution in [0.15, 0.2) is 16.6 Å². The molecule has 1 fully saturated rings. The molecular formula is C12H11BrF3NO3. The lowest BCUT2D eigenvalue weighted by molar-refractivity contribution is -0.141. The average molecular weight is 354 g/mol. The molecule has 1 saturated heterocycles. The Labute approximate surface area is 120 Å². The number of hydrogen-bond donors (Lipinski definition) is 3. The van der Waals surface area contributed by atoms with E-state index < -0.39 is 29.7 Å². The van der Waals surface area contributed by atoms with E-state index in [1.165, 1.54) is 0 Å². The lowest BCUT2D eigenvalue weighted by atomic mass is 9.97. The highest BCUT2D eigenvalue weighted by molar-refractivity contribution is 9.10. The Morgan fingerprint density at radius 1 is 1.40 bits per heavy atom. The lowest BCUT2D eigenvalue weighted by Crippen LogP contribution is -2.17. The molecule has 1 aliphatic heterocycles. The van der Waals surface area contributed by atoms with Crippen molar-refractivity contribution < 1.29 is 28.2 Å². The second-order valence-electron chi connectivity index (χ2n) is 4.63. The van der Waals surface area contributed by atoms with E-state index in [4.69, 9.17) is 5.11 Å². The van der Waals surface area contributed by atoms with Crippen LogP contribution in [0.25, 0.3) is 0 Å². The van der Waals surface area contributed by atoms with Gasteiger partial charge in [-0.3, -0.25) is 4.79 Å². The molecule has 110 valence electrons. The van der Waals surface area contributed by atoms with Gasteiger partial charge in [0.15, 0.2) is 0 Å². The number of benzene rings is 1. The van der Waals surface area contributed by atoms with Crippen molar-refractivity contribution in [3.8, 4) is 5.75 Å². The molecule has 0 radical (unpaired) electrons. The number of phenols is 1. The van der Waals surface area contributed by atoms with E-state index in [1.54, 1.807) is 0 Å². The van der Waals surface area contributed by atoms with Crippen molar-refractivity contribution in [3.63, 3.8) is 0 Å². The number of carbonyl (C=O) groups is 1. The minimum atomic E-state index is -4.53. The summed E-state index contributed by atoms with van der Waals surface area (Å²) in [4.78, 5) is 10.9. The summed E-state index contributed by atoms with van der Waals surface area (Å²) in [6, 6.07) is 1.03. The van der Waals surface area contributed by atoms with Gasteiger partial charge in [-0.2, -0.15) is 13.2 Å². The monoisotopic (exact) mass is 353 g/mol. The maximum Gasteiger partial charge on any atom is 0.416 e. The molecule has 2 atom stereocenters. The minimum Gasteiger partial charge on any atom is -0.506 e. The predicted octanol–water partition coefficient (Wildman–Crippen LogP) is 2.91. The Morgan fingerprint density at radius 3 is 2.55 bits per heavy atom. The number of alkyl halides is 3. The van der Waals surface area contributed by atoms with Gasteiger partial charge < -0.3 is 15.5 Å². The molecule has 1 aromatic rings. The fourth-order valence-electron chi connectivity index (χ4n) is 2.21. The van der Waals surface area contributed by atoms with Gasteiger partial charge in [0.2, 0.25) is 0 Å². The molecule has 20 heavy (non-hydrogen) atoms. The fourth-order valence-corrected chi connectivity index (χ4v) is 2.69. The molecule has 1 aromatic carbocycles. The number of carboxylic acid groups (broad SMARTS) is 1. The molecule has 0 spiro atoms. The first-order chi connectivity index (χ1) is 9.20. The lowest BCUT2D eigenvalue weighted by Gasteiger charge is -2.17. The van der Waals surface area contributed by atoms with E-state index in [-0.39, 0.29) is 28.8 Å². The van der Waals surface area contributed by atoms with Gasteiger partial charge in [0, 0.05) is 18.2 Å². The molecular weight excluding hydrogens is 343 g/mol. The maximum atomic E-state index is 12.8. The molecule has 8 heteroatoms. The fraction of sp³-hybridized carbons (Fsp3) is 0.417. The summed E-state index contributed by atoms with van der Waals surface area (Å²) in [6.45, 7) is 0.160. The number of nitrogens with one attached hydrogen (secondary N) is 1. The Bertz CT molecular complexity index is 547. The Morgan fingerprint density at radius 2 is 2.05 bits per heavy atom. The van der Waals surface area contributed by atoms with E-state index in [9.17, 15) is 23.1 Å². The zero-order chi connectivity index (χ0) is 15.1. The van der Waals surface area contributed by atoms with Gasteiger partial charge in [-0.05, 0) is 34.5 Å². The molecule has 1 aliphatic rings. The molecule has 2 rings (SSSR count). The van der Waals surface area contributed by atoms with E-state index in [0.717, 1.165) is 12.1 Å². The highest BCUT2D eigenvalue weighted by atomic mass is 79.9. The first kappa shape index (κ1) is 15.1. The van der Waals surface area contributed by atoms with Crippen LogP contribution < -0.4 is 5.32 Å². The summed E-state index contributed by atoms with van der Waals surface area (Å²) < 4.78 is 38.2. The molecule has 1 heterocycles. The van der Waals surface area contributed by atoms with Crippen molar-refractivity contribution in [1.82, 2.24) is 5.32 Å². The summed E-state index contributed by atoms with van der Waals surface area (Å²) in [6.07, 6.45) is -4.40. The van der Waals surface area contributed by atoms with Gasteiger partial charge in [0.25, 0.3) is 0 Å². The summed E-state index contributed by atoms with van der Waals surface area (Å²) >= 11 is 2.89. The number of carboxylic acids is 1. The minimum absolute atomic E-state index is 0.0513. The van der Waals surface area contributed by atoms with Crippen molar-refractivity contribution in [2.75, 3.05) is 6.54 Å². The Kier molecular flexibility index (Phi) is 3.97. The van der Waals surface area contributed by atoms with E-state index in [2.05, 4.69) is 21.2 Å². The van der Waals surface area contributed by atoms with Crippen LogP contribution in [-0.2, 0) is 11.0 Å². The summed E-state index contributed by atoms with van der Waals surface area (Å²) in [7, 11) is 0. The van der Waals surface area contributed by atoms with E-state index in [1.807, 2.05) is 0 Å². The number of aromatic hydroxyl groups is 1. The predicted molar refractivity (Wildman–Crippen MR) is 67.3 cm³/mol. The second-order valence-corrected chi connectivity index (χ2v) is 5.48. The highest BCUT2D eigenvalue weighted by Crippen LogP contribution is 2.41. The van der Waals surface area contributed by atoms with Crippen molar-refractivity contribution in [1.29, 1.82) is 0 Å². The smallest absolute Gasteiger partial charge is 0.416 e. The van der Waals surface area contributed by atoms with Crippen LogP contribution >= 0.6 is 15.9 Å². The number of aliphatic carboxylic acids is 1. The van der Waals surface area contributed by atoms with Gasteiger partial charge in [-0.25, -0.2) is 0 Å². The zero-order valence-corrected chi connectivity index (χ0v) is 11.6. The van der Waals surface area contributed by atoms with Gasteiger partial charge >= 0.3 is 12.1 Å². The third-order valence-electron chi connectivity index (χ3n) is 3.28. The van der Waals surface area contributed by atoms with E-state index >= 15 is 0 Å². The van der Waals surface area contributed by atoms with Gasteiger partial charge in [-0.1, -0.05) is 0 Å². The average Bonchev–Trinajstić information content (AvgIpc) is 2.80. The van der Waals surface area contributed by atoms with Gasteiger partial charge in [0.05, 0.1) is 16.0 Å². The number of halogens is 4. The molecule has 0 bridgehead atoms. The van der Waals surface area contributed by atoms with Crippen LogP contribution in [0.1, 0.15) is 23.6 Å². The molecule has 0 saturated carbocycles. The standard InChI is InChI=1S/C12H11BrF3NO3/c13-8-3-6(12(14,15)16)2-7(10(8)18)9-1-5(4-17-9)11(19)20/h2-3,5,9,17-18H,1,4H2,(H,19,20). The third kappa shape index (κ3) is 2.90. The summed E-state index contributed by atoms with van der Waals surface area (Å²) in [5.74, 6) is -1.99. The molecule has 2 unspecified atom stereocenters. The second kappa shape index (κ2) is 5.25. The van der Waals surface area contributed by atoms with Crippen LogP contribution in [0.2, 0.25) is 0 Å². The van der Waals surface area contributed by atoms with Gasteiger partial charge in [0.1, 0.15) is 5.75 Å². The first-order valence-corrected chi connectivity index (χ1v) is 6.55. The Hall–Kier alpha value is -1.28. The molecule has 4 nitrogen and oxygen atoms in total. The quantitative estimate of drug-likeness (QED) is 0.764. The van der Waals surface area contributed by atoms with Crippen molar-refractivity contribution >= 4 is 21.9 Å². The van der Waals surface area contributed by atoms with Crippen LogP contribution in [0.4, 0.5) is 13.2 Å². The topological polar surface area (TPSA) is 69.6 Å². The van der Waals surface area contributed by atoms with Crippen LogP contribution in [0.3, 0.4) is 0 Å².